The Morgan fingerprint density at radius 2 is 2.00 bits per heavy atom. The number of carbonyl (C=O) groups excluding carboxylic acids is 1. The molecule has 1 aromatic heterocycles. The van der Waals surface area contributed by atoms with Gasteiger partial charge in [-0.05, 0) is 17.5 Å². The van der Waals surface area contributed by atoms with E-state index in [-0.39, 0.29) is 23.7 Å². The third kappa shape index (κ3) is 4.22. The predicted molar refractivity (Wildman–Crippen MR) is 102 cm³/mol. The molecule has 136 valence electrons. The number of aromatic amines is 1. The number of aromatic nitrogens is 2. The third-order valence-corrected chi connectivity index (χ3v) is 4.86. The van der Waals surface area contributed by atoms with Gasteiger partial charge in [-0.15, -0.1) is 12.4 Å². The molecule has 3 N–H and O–H groups in total. The molecule has 1 aliphatic rings. The van der Waals surface area contributed by atoms with Crippen molar-refractivity contribution in [3.8, 4) is 0 Å². The molecular weight excluding hydrogens is 336 g/mol. The molecule has 25 heavy (non-hydrogen) atoms. The summed E-state index contributed by atoms with van der Waals surface area (Å²) >= 11 is 0. The standard InChI is InChI=1S/C19H26N4O.ClH/c1-4-13-5-7-14(8-6-13)19(2,3)12-21-18(24)17-15-11-20-10-9-16(15)22-23-17;/h5-8,20H,4,9-12H2,1-3H3,(H,21,24)(H,22,23);1H. The van der Waals surface area contributed by atoms with E-state index in [1.807, 2.05) is 0 Å². The van der Waals surface area contributed by atoms with Crippen LogP contribution in [0.25, 0.3) is 0 Å². The van der Waals surface area contributed by atoms with E-state index < -0.39 is 0 Å². The van der Waals surface area contributed by atoms with E-state index in [9.17, 15) is 4.79 Å². The van der Waals surface area contributed by atoms with Crippen molar-refractivity contribution < 1.29 is 4.79 Å². The zero-order valence-corrected chi connectivity index (χ0v) is 15.9. The van der Waals surface area contributed by atoms with Crippen LogP contribution in [-0.2, 0) is 24.8 Å². The summed E-state index contributed by atoms with van der Waals surface area (Å²) in [6.45, 7) is 8.66. The van der Waals surface area contributed by atoms with Crippen LogP contribution >= 0.6 is 12.4 Å². The van der Waals surface area contributed by atoms with Crippen LogP contribution in [0.3, 0.4) is 0 Å². The first-order chi connectivity index (χ1) is 11.5. The van der Waals surface area contributed by atoms with Crippen LogP contribution in [-0.4, -0.2) is 29.2 Å². The highest BCUT2D eigenvalue weighted by Gasteiger charge is 2.25. The predicted octanol–water partition coefficient (Wildman–Crippen LogP) is 2.75. The van der Waals surface area contributed by atoms with Crippen LogP contribution in [0.1, 0.15) is 53.6 Å². The molecule has 6 heteroatoms. The fourth-order valence-corrected chi connectivity index (χ4v) is 3.09. The first-order valence-corrected chi connectivity index (χ1v) is 8.65. The normalized spacial score (nSPS) is 13.7. The molecule has 0 fully saturated rings. The summed E-state index contributed by atoms with van der Waals surface area (Å²) in [6.07, 6.45) is 1.93. The highest BCUT2D eigenvalue weighted by molar-refractivity contribution is 5.94. The topological polar surface area (TPSA) is 69.8 Å². The molecule has 3 rings (SSSR count). The van der Waals surface area contributed by atoms with Gasteiger partial charge in [-0.3, -0.25) is 9.89 Å². The number of carbonyl (C=O) groups is 1. The Balaban J connectivity index is 0.00000225. The van der Waals surface area contributed by atoms with Gasteiger partial charge in [-0.2, -0.15) is 5.10 Å². The van der Waals surface area contributed by atoms with Gasteiger partial charge in [0.15, 0.2) is 5.69 Å². The Morgan fingerprint density at radius 1 is 1.28 bits per heavy atom. The Hall–Kier alpha value is -1.85. The lowest BCUT2D eigenvalue weighted by atomic mass is 9.84. The molecule has 0 saturated carbocycles. The second-order valence-electron chi connectivity index (χ2n) is 7.07. The monoisotopic (exact) mass is 362 g/mol. The van der Waals surface area contributed by atoms with Gasteiger partial charge in [-0.25, -0.2) is 0 Å². The number of nitrogens with one attached hydrogen (secondary N) is 3. The van der Waals surface area contributed by atoms with E-state index >= 15 is 0 Å². The molecule has 0 unspecified atom stereocenters. The Kier molecular flexibility index (Phi) is 6.25. The van der Waals surface area contributed by atoms with Gasteiger partial charge in [0.05, 0.1) is 0 Å². The number of nitrogens with zero attached hydrogens (tertiary/aromatic N) is 1. The van der Waals surface area contributed by atoms with E-state index in [1.54, 1.807) is 0 Å². The maximum atomic E-state index is 12.5. The molecule has 1 aliphatic heterocycles. The van der Waals surface area contributed by atoms with Crippen molar-refractivity contribution in [2.24, 2.45) is 0 Å². The van der Waals surface area contributed by atoms with Gasteiger partial charge in [0.2, 0.25) is 0 Å². The first-order valence-electron chi connectivity index (χ1n) is 8.65. The van der Waals surface area contributed by atoms with Gasteiger partial charge < -0.3 is 10.6 Å². The summed E-state index contributed by atoms with van der Waals surface area (Å²) < 4.78 is 0. The average Bonchev–Trinajstić information content (AvgIpc) is 3.04. The van der Waals surface area contributed by atoms with Crippen molar-refractivity contribution in [2.45, 2.75) is 45.6 Å². The SMILES string of the molecule is CCc1ccc(C(C)(C)CNC(=O)c2n[nH]c3c2CNCC3)cc1.Cl. The van der Waals surface area contributed by atoms with Crippen LogP contribution in [0.2, 0.25) is 0 Å². The summed E-state index contributed by atoms with van der Waals surface area (Å²) in [5, 5.41) is 13.6. The van der Waals surface area contributed by atoms with Crippen molar-refractivity contribution in [1.82, 2.24) is 20.8 Å². The van der Waals surface area contributed by atoms with Crippen LogP contribution in [0.4, 0.5) is 0 Å². The number of halogens is 1. The number of hydrogen-bond donors (Lipinski definition) is 3. The molecule has 5 nitrogen and oxygen atoms in total. The first kappa shape index (κ1) is 19.5. The van der Waals surface area contributed by atoms with Gasteiger partial charge in [0, 0.05) is 42.7 Å². The molecule has 2 aromatic rings. The minimum Gasteiger partial charge on any atom is -0.350 e. The molecule has 1 amide bonds. The van der Waals surface area contributed by atoms with Crippen molar-refractivity contribution in [2.75, 3.05) is 13.1 Å². The molecule has 2 heterocycles. The summed E-state index contributed by atoms with van der Waals surface area (Å²) in [5.41, 5.74) is 5.03. The van der Waals surface area contributed by atoms with E-state index in [0.717, 1.165) is 30.6 Å². The molecular formula is C19H27ClN4O. The van der Waals surface area contributed by atoms with E-state index in [4.69, 9.17) is 0 Å². The largest absolute Gasteiger partial charge is 0.350 e. The maximum Gasteiger partial charge on any atom is 0.272 e. The molecule has 0 atom stereocenters. The number of amides is 1. The number of hydrogen-bond acceptors (Lipinski definition) is 3. The van der Waals surface area contributed by atoms with Crippen LogP contribution in [0, 0.1) is 0 Å². The maximum absolute atomic E-state index is 12.5. The molecule has 1 aromatic carbocycles. The summed E-state index contributed by atoms with van der Waals surface area (Å²) in [5.74, 6) is -0.102. The van der Waals surface area contributed by atoms with E-state index in [0.29, 0.717) is 18.8 Å². The highest BCUT2D eigenvalue weighted by Crippen LogP contribution is 2.23. The molecule has 0 saturated heterocycles. The average molecular weight is 363 g/mol. The Labute approximate surface area is 155 Å². The van der Waals surface area contributed by atoms with Crippen LogP contribution in [0.5, 0.6) is 0 Å². The van der Waals surface area contributed by atoms with E-state index in [2.05, 4.69) is 65.9 Å². The smallest absolute Gasteiger partial charge is 0.272 e. The minimum atomic E-state index is -0.128. The second-order valence-corrected chi connectivity index (χ2v) is 7.07. The molecule has 0 aliphatic carbocycles. The number of fused-ring (bicyclic) bond motifs is 1. The summed E-state index contributed by atoms with van der Waals surface area (Å²) in [4.78, 5) is 12.5. The zero-order valence-electron chi connectivity index (χ0n) is 15.1. The van der Waals surface area contributed by atoms with Crippen molar-refractivity contribution in [1.29, 1.82) is 0 Å². The quantitative estimate of drug-likeness (QED) is 0.766. The molecule has 0 spiro atoms. The van der Waals surface area contributed by atoms with Crippen molar-refractivity contribution >= 4 is 18.3 Å². The number of H-pyrrole nitrogens is 1. The molecule has 0 bridgehead atoms. The fourth-order valence-electron chi connectivity index (χ4n) is 3.09. The highest BCUT2D eigenvalue weighted by atomic mass is 35.5. The number of benzene rings is 1. The summed E-state index contributed by atoms with van der Waals surface area (Å²) in [7, 11) is 0. The van der Waals surface area contributed by atoms with Crippen molar-refractivity contribution in [3.63, 3.8) is 0 Å². The van der Waals surface area contributed by atoms with Crippen molar-refractivity contribution in [3.05, 3.63) is 52.3 Å². The van der Waals surface area contributed by atoms with Gasteiger partial charge >= 0.3 is 0 Å². The lowest BCUT2D eigenvalue weighted by Gasteiger charge is -2.26. The van der Waals surface area contributed by atoms with Gasteiger partial charge in [-0.1, -0.05) is 45.0 Å². The minimum absolute atomic E-state index is 0. The Bertz CT molecular complexity index is 722. The van der Waals surface area contributed by atoms with Crippen LogP contribution in [0.15, 0.2) is 24.3 Å². The number of aryl methyl sites for hydroxylation is 1. The number of rotatable bonds is 5. The lowest BCUT2D eigenvalue weighted by Crippen LogP contribution is -2.37. The van der Waals surface area contributed by atoms with Gasteiger partial charge in [0.1, 0.15) is 0 Å². The zero-order chi connectivity index (χ0) is 17.2. The third-order valence-electron chi connectivity index (χ3n) is 4.86. The van der Waals surface area contributed by atoms with Crippen LogP contribution < -0.4 is 10.6 Å². The van der Waals surface area contributed by atoms with Gasteiger partial charge in [0.25, 0.3) is 5.91 Å². The molecule has 0 radical (unpaired) electrons. The van der Waals surface area contributed by atoms with E-state index in [1.165, 1.54) is 11.1 Å². The second kappa shape index (κ2) is 8.02. The summed E-state index contributed by atoms with van der Waals surface area (Å²) in [6, 6.07) is 8.64. The lowest BCUT2D eigenvalue weighted by molar-refractivity contribution is 0.0939. The fraction of sp³-hybridized carbons (Fsp3) is 0.474. The Morgan fingerprint density at radius 3 is 2.68 bits per heavy atom.